The van der Waals surface area contributed by atoms with Crippen LogP contribution in [-0.2, 0) is 19.6 Å². The summed E-state index contributed by atoms with van der Waals surface area (Å²) in [7, 11) is 0. The molecule has 0 aliphatic rings. The van der Waals surface area contributed by atoms with Gasteiger partial charge in [0.1, 0.15) is 11.5 Å². The summed E-state index contributed by atoms with van der Waals surface area (Å²) >= 11 is 0. The highest BCUT2D eigenvalue weighted by atomic mass is 16.3. The number of aryl methyl sites for hydroxylation is 1. The van der Waals surface area contributed by atoms with E-state index in [1.54, 1.807) is 0 Å². The van der Waals surface area contributed by atoms with Crippen molar-refractivity contribution < 1.29 is 20.4 Å². The van der Waals surface area contributed by atoms with Gasteiger partial charge in [-0.1, -0.05) is 6.92 Å². The fraction of sp³-hybridized carbons (Fsp3) is 0.400. The van der Waals surface area contributed by atoms with Crippen LogP contribution < -0.4 is 0 Å². The lowest BCUT2D eigenvalue weighted by Crippen LogP contribution is -1.96. The van der Waals surface area contributed by atoms with E-state index in [4.69, 9.17) is 10.2 Å². The van der Waals surface area contributed by atoms with E-state index >= 15 is 0 Å². The van der Waals surface area contributed by atoms with Gasteiger partial charge in [0.2, 0.25) is 0 Å². The lowest BCUT2D eigenvalue weighted by molar-refractivity contribution is 0.258. The first kappa shape index (κ1) is 10.8. The van der Waals surface area contributed by atoms with Gasteiger partial charge in [0.05, 0.1) is 18.8 Å². The number of hydrogen-bond donors (Lipinski definition) is 4. The maximum atomic E-state index is 9.59. The fourth-order valence-electron chi connectivity index (χ4n) is 1.39. The standard InChI is InChI=1S/C10H14O4/c1-2-6-3-7(4-11)10(14)8(5-12)9(6)13/h3,11-14H,2,4-5H2,1H3. The van der Waals surface area contributed by atoms with E-state index in [2.05, 4.69) is 0 Å². The third-order valence-corrected chi connectivity index (χ3v) is 2.24. The van der Waals surface area contributed by atoms with Gasteiger partial charge < -0.3 is 20.4 Å². The van der Waals surface area contributed by atoms with Crippen molar-refractivity contribution in [1.82, 2.24) is 0 Å². The van der Waals surface area contributed by atoms with E-state index in [9.17, 15) is 10.2 Å². The largest absolute Gasteiger partial charge is 0.507 e. The zero-order valence-corrected chi connectivity index (χ0v) is 7.99. The summed E-state index contributed by atoms with van der Waals surface area (Å²) in [4.78, 5) is 0. The molecule has 0 saturated carbocycles. The molecule has 0 fully saturated rings. The van der Waals surface area contributed by atoms with E-state index in [1.807, 2.05) is 6.92 Å². The number of phenols is 2. The van der Waals surface area contributed by atoms with Crippen molar-refractivity contribution in [3.63, 3.8) is 0 Å². The van der Waals surface area contributed by atoms with Crippen molar-refractivity contribution in [3.05, 3.63) is 22.8 Å². The summed E-state index contributed by atoms with van der Waals surface area (Å²) in [6.07, 6.45) is 0.576. The topological polar surface area (TPSA) is 80.9 Å². The summed E-state index contributed by atoms with van der Waals surface area (Å²) in [5.41, 5.74) is 1.01. The number of aliphatic hydroxyl groups excluding tert-OH is 2. The van der Waals surface area contributed by atoms with Gasteiger partial charge >= 0.3 is 0 Å². The van der Waals surface area contributed by atoms with Crippen LogP contribution in [0, 0.1) is 0 Å². The second kappa shape index (κ2) is 4.30. The summed E-state index contributed by atoms with van der Waals surface area (Å²) in [5.74, 6) is -0.325. The van der Waals surface area contributed by atoms with Crippen LogP contribution in [0.25, 0.3) is 0 Å². The summed E-state index contributed by atoms with van der Waals surface area (Å²) < 4.78 is 0. The first-order valence-electron chi connectivity index (χ1n) is 4.42. The number of hydrogen-bond acceptors (Lipinski definition) is 4. The minimum Gasteiger partial charge on any atom is -0.507 e. The summed E-state index contributed by atoms with van der Waals surface area (Å²) in [6, 6.07) is 1.53. The molecule has 0 heterocycles. The highest BCUT2D eigenvalue weighted by Crippen LogP contribution is 2.34. The molecule has 0 atom stereocenters. The third-order valence-electron chi connectivity index (χ3n) is 2.24. The molecule has 0 aliphatic heterocycles. The Morgan fingerprint density at radius 3 is 2.00 bits per heavy atom. The van der Waals surface area contributed by atoms with Crippen molar-refractivity contribution in [2.24, 2.45) is 0 Å². The Bertz CT molecular complexity index is 305. The van der Waals surface area contributed by atoms with Crippen LogP contribution in [0.4, 0.5) is 0 Å². The SMILES string of the molecule is CCc1cc(CO)c(O)c(CO)c1O. The average Bonchev–Trinajstić information content (AvgIpc) is 2.19. The van der Waals surface area contributed by atoms with E-state index in [0.29, 0.717) is 17.5 Å². The van der Waals surface area contributed by atoms with Crippen LogP contribution in [0.2, 0.25) is 0 Å². The smallest absolute Gasteiger partial charge is 0.130 e. The molecular formula is C10H14O4. The quantitative estimate of drug-likeness (QED) is 0.574. The van der Waals surface area contributed by atoms with Gasteiger partial charge in [-0.3, -0.25) is 0 Å². The predicted octanol–water partition coefficient (Wildman–Crippen LogP) is 0.645. The molecule has 4 nitrogen and oxygen atoms in total. The van der Waals surface area contributed by atoms with E-state index < -0.39 is 6.61 Å². The van der Waals surface area contributed by atoms with E-state index in [-0.39, 0.29) is 23.7 Å². The molecule has 0 aliphatic carbocycles. The molecule has 0 radical (unpaired) electrons. The van der Waals surface area contributed by atoms with Crippen molar-refractivity contribution in [2.45, 2.75) is 26.6 Å². The normalized spacial score (nSPS) is 10.5. The minimum atomic E-state index is -0.446. The lowest BCUT2D eigenvalue weighted by Gasteiger charge is -2.12. The maximum Gasteiger partial charge on any atom is 0.130 e. The number of aromatic hydroxyl groups is 2. The van der Waals surface area contributed by atoms with Crippen LogP contribution in [-0.4, -0.2) is 20.4 Å². The molecule has 1 aromatic carbocycles. The lowest BCUT2D eigenvalue weighted by atomic mass is 10.0. The van der Waals surface area contributed by atoms with Crippen molar-refractivity contribution in [3.8, 4) is 11.5 Å². The number of rotatable bonds is 3. The van der Waals surface area contributed by atoms with Gasteiger partial charge in [0.15, 0.2) is 0 Å². The van der Waals surface area contributed by atoms with Crippen LogP contribution in [0.5, 0.6) is 11.5 Å². The molecule has 0 saturated heterocycles. The van der Waals surface area contributed by atoms with Gasteiger partial charge in [0.25, 0.3) is 0 Å². The molecule has 78 valence electrons. The zero-order chi connectivity index (χ0) is 10.7. The molecule has 0 unspecified atom stereocenters. The molecular weight excluding hydrogens is 184 g/mol. The monoisotopic (exact) mass is 198 g/mol. The molecule has 0 spiro atoms. The number of aliphatic hydroxyl groups is 2. The first-order valence-corrected chi connectivity index (χ1v) is 4.42. The number of benzene rings is 1. The van der Waals surface area contributed by atoms with Crippen molar-refractivity contribution >= 4 is 0 Å². The maximum absolute atomic E-state index is 9.59. The van der Waals surface area contributed by atoms with Crippen LogP contribution >= 0.6 is 0 Å². The second-order valence-electron chi connectivity index (χ2n) is 3.04. The molecule has 1 aromatic rings. The van der Waals surface area contributed by atoms with Gasteiger partial charge in [-0.2, -0.15) is 0 Å². The Balaban J connectivity index is 3.39. The molecule has 0 bridgehead atoms. The molecule has 0 aromatic heterocycles. The van der Waals surface area contributed by atoms with Crippen LogP contribution in [0.1, 0.15) is 23.6 Å². The Kier molecular flexibility index (Phi) is 3.33. The van der Waals surface area contributed by atoms with Crippen molar-refractivity contribution in [1.29, 1.82) is 0 Å². The van der Waals surface area contributed by atoms with E-state index in [0.717, 1.165) is 0 Å². The van der Waals surface area contributed by atoms with Gasteiger partial charge in [-0.05, 0) is 18.1 Å². The van der Waals surface area contributed by atoms with E-state index in [1.165, 1.54) is 6.07 Å². The van der Waals surface area contributed by atoms with Gasteiger partial charge in [-0.15, -0.1) is 0 Å². The summed E-state index contributed by atoms with van der Waals surface area (Å²) in [5, 5.41) is 37.0. The highest BCUT2D eigenvalue weighted by molar-refractivity contribution is 5.52. The molecule has 0 amide bonds. The second-order valence-corrected chi connectivity index (χ2v) is 3.04. The van der Waals surface area contributed by atoms with Gasteiger partial charge in [0, 0.05) is 5.56 Å². The zero-order valence-electron chi connectivity index (χ0n) is 7.99. The average molecular weight is 198 g/mol. The molecule has 4 N–H and O–H groups in total. The third kappa shape index (κ3) is 1.66. The minimum absolute atomic E-state index is 0.0772. The Labute approximate surface area is 82.1 Å². The predicted molar refractivity (Wildman–Crippen MR) is 51.0 cm³/mol. The van der Waals surface area contributed by atoms with Gasteiger partial charge in [-0.25, -0.2) is 0 Å². The summed E-state index contributed by atoms with van der Waals surface area (Å²) in [6.45, 7) is 1.08. The Morgan fingerprint density at radius 2 is 1.57 bits per heavy atom. The Hall–Kier alpha value is -1.26. The van der Waals surface area contributed by atoms with Crippen LogP contribution in [0.3, 0.4) is 0 Å². The highest BCUT2D eigenvalue weighted by Gasteiger charge is 2.14. The molecule has 14 heavy (non-hydrogen) atoms. The van der Waals surface area contributed by atoms with Crippen molar-refractivity contribution in [2.75, 3.05) is 0 Å². The first-order chi connectivity index (χ1) is 6.65. The molecule has 1 rings (SSSR count). The molecule has 4 heteroatoms. The Morgan fingerprint density at radius 1 is 1.00 bits per heavy atom. The fourth-order valence-corrected chi connectivity index (χ4v) is 1.39. The van der Waals surface area contributed by atoms with Crippen LogP contribution in [0.15, 0.2) is 6.07 Å².